The Labute approximate surface area is 123 Å². The maximum absolute atomic E-state index is 12.4. The summed E-state index contributed by atoms with van der Waals surface area (Å²) >= 11 is 0. The van der Waals surface area contributed by atoms with E-state index in [1.165, 1.54) is 0 Å². The highest BCUT2D eigenvalue weighted by Gasteiger charge is 2.40. The molecule has 21 heavy (non-hydrogen) atoms. The van der Waals surface area contributed by atoms with Crippen LogP contribution < -0.4 is 15.2 Å². The van der Waals surface area contributed by atoms with Crippen molar-refractivity contribution < 1.29 is 19.0 Å². The molecule has 1 amide bonds. The van der Waals surface area contributed by atoms with Gasteiger partial charge in [0.25, 0.3) is 0 Å². The average Bonchev–Trinajstić information content (AvgIpc) is 2.94. The molecule has 1 fully saturated rings. The number of ether oxygens (including phenoxy) is 3. The van der Waals surface area contributed by atoms with E-state index in [0.717, 1.165) is 17.1 Å². The zero-order chi connectivity index (χ0) is 14.9. The summed E-state index contributed by atoms with van der Waals surface area (Å²) in [4.78, 5) is 14.1. The zero-order valence-corrected chi connectivity index (χ0v) is 12.1. The smallest absolute Gasteiger partial charge is 0.245 e. The van der Waals surface area contributed by atoms with Crippen molar-refractivity contribution in [1.29, 1.82) is 0 Å². The predicted octanol–water partition coefficient (Wildman–Crippen LogP) is 0.534. The van der Waals surface area contributed by atoms with Gasteiger partial charge in [-0.2, -0.15) is 0 Å². The predicted molar refractivity (Wildman–Crippen MR) is 76.3 cm³/mol. The number of hydrogen-bond donors (Lipinski definition) is 1. The van der Waals surface area contributed by atoms with Crippen molar-refractivity contribution in [3.05, 3.63) is 23.8 Å². The fourth-order valence-electron chi connectivity index (χ4n) is 2.66. The van der Waals surface area contributed by atoms with Crippen LogP contribution in [0, 0.1) is 0 Å². The first-order valence-electron chi connectivity index (χ1n) is 7.09. The summed E-state index contributed by atoms with van der Waals surface area (Å²) in [6.45, 7) is 2.43. The highest BCUT2D eigenvalue weighted by atomic mass is 16.6. The van der Waals surface area contributed by atoms with Crippen molar-refractivity contribution in [2.24, 2.45) is 5.73 Å². The third-order valence-electron chi connectivity index (χ3n) is 3.85. The number of nitrogens with two attached hydrogens (primary N) is 1. The van der Waals surface area contributed by atoms with Gasteiger partial charge in [-0.25, -0.2) is 0 Å². The van der Waals surface area contributed by atoms with E-state index in [1.54, 1.807) is 11.9 Å². The molecule has 1 saturated heterocycles. The monoisotopic (exact) mass is 292 g/mol. The Morgan fingerprint density at radius 3 is 2.76 bits per heavy atom. The summed E-state index contributed by atoms with van der Waals surface area (Å²) < 4.78 is 16.3. The molecule has 2 heterocycles. The molecule has 0 radical (unpaired) electrons. The second-order valence-electron chi connectivity index (χ2n) is 5.60. The van der Waals surface area contributed by atoms with Crippen LogP contribution in [0.2, 0.25) is 0 Å². The normalized spacial score (nSPS) is 23.9. The van der Waals surface area contributed by atoms with Gasteiger partial charge in [0.2, 0.25) is 5.91 Å². The molecule has 114 valence electrons. The maximum Gasteiger partial charge on any atom is 0.245 e. The molecule has 2 aliphatic heterocycles. The van der Waals surface area contributed by atoms with Crippen LogP contribution >= 0.6 is 0 Å². The summed E-state index contributed by atoms with van der Waals surface area (Å²) in [5.74, 6) is 1.39. The first kappa shape index (κ1) is 14.2. The van der Waals surface area contributed by atoms with Crippen molar-refractivity contribution in [1.82, 2.24) is 4.90 Å². The van der Waals surface area contributed by atoms with Gasteiger partial charge in [0.15, 0.2) is 11.5 Å². The van der Waals surface area contributed by atoms with E-state index in [4.69, 9.17) is 19.9 Å². The van der Waals surface area contributed by atoms with Crippen LogP contribution in [0.25, 0.3) is 0 Å². The highest BCUT2D eigenvalue weighted by molar-refractivity contribution is 5.86. The molecule has 2 aliphatic rings. The second kappa shape index (κ2) is 5.54. The van der Waals surface area contributed by atoms with Crippen LogP contribution in [0.3, 0.4) is 0 Å². The number of likely N-dealkylation sites (N-methyl/N-ethyl adjacent to an activating group) is 1. The molecule has 0 aliphatic carbocycles. The van der Waals surface area contributed by atoms with Gasteiger partial charge in [0, 0.05) is 20.2 Å². The molecule has 0 spiro atoms. The molecule has 2 N–H and O–H groups in total. The first-order chi connectivity index (χ1) is 10.1. The molecule has 6 heteroatoms. The van der Waals surface area contributed by atoms with Crippen LogP contribution in [0.5, 0.6) is 11.5 Å². The molecule has 6 nitrogen and oxygen atoms in total. The first-order valence-corrected chi connectivity index (χ1v) is 7.09. The SMILES string of the molecule is CN(Cc1ccc2c(c1)OCCO2)C(=O)C1(N)CCOC1. The van der Waals surface area contributed by atoms with E-state index in [2.05, 4.69) is 0 Å². The lowest BCUT2D eigenvalue weighted by Gasteiger charge is -2.28. The number of carbonyl (C=O) groups excluding carboxylic acids is 1. The lowest BCUT2D eigenvalue weighted by atomic mass is 9.98. The van der Waals surface area contributed by atoms with E-state index in [0.29, 0.717) is 32.8 Å². The number of hydrogen-bond acceptors (Lipinski definition) is 5. The standard InChI is InChI=1S/C15H20N2O4/c1-17(14(18)15(16)4-5-19-10-15)9-11-2-3-12-13(8-11)21-7-6-20-12/h2-3,8H,4-7,9-10,16H2,1H3. The molecule has 1 atom stereocenters. The molecule has 1 unspecified atom stereocenters. The molecular formula is C15H20N2O4. The summed E-state index contributed by atoms with van der Waals surface area (Å²) in [6, 6.07) is 5.72. The van der Waals surface area contributed by atoms with Gasteiger partial charge in [-0.1, -0.05) is 6.07 Å². The fourth-order valence-corrected chi connectivity index (χ4v) is 2.66. The van der Waals surface area contributed by atoms with E-state index in [1.807, 2.05) is 18.2 Å². The fraction of sp³-hybridized carbons (Fsp3) is 0.533. The molecule has 1 aromatic rings. The number of amides is 1. The van der Waals surface area contributed by atoms with Gasteiger partial charge < -0.3 is 24.8 Å². The van der Waals surface area contributed by atoms with Crippen LogP contribution in [0.1, 0.15) is 12.0 Å². The lowest BCUT2D eigenvalue weighted by molar-refractivity contribution is -0.136. The molecule has 3 rings (SSSR count). The minimum Gasteiger partial charge on any atom is -0.486 e. The van der Waals surface area contributed by atoms with E-state index >= 15 is 0 Å². The molecule has 0 bridgehead atoms. The number of benzene rings is 1. The van der Waals surface area contributed by atoms with Crippen LogP contribution in [0.4, 0.5) is 0 Å². The average molecular weight is 292 g/mol. The Balaban J connectivity index is 1.69. The highest BCUT2D eigenvalue weighted by Crippen LogP contribution is 2.31. The third-order valence-corrected chi connectivity index (χ3v) is 3.85. The maximum atomic E-state index is 12.4. The van der Waals surface area contributed by atoms with Gasteiger partial charge in [0.1, 0.15) is 18.8 Å². The van der Waals surface area contributed by atoms with Gasteiger partial charge in [-0.3, -0.25) is 4.79 Å². The number of carbonyl (C=O) groups is 1. The van der Waals surface area contributed by atoms with Crippen molar-refractivity contribution in [2.45, 2.75) is 18.5 Å². The minimum absolute atomic E-state index is 0.0881. The van der Waals surface area contributed by atoms with Crippen LogP contribution in [-0.4, -0.2) is 49.8 Å². The van der Waals surface area contributed by atoms with Crippen molar-refractivity contribution in [2.75, 3.05) is 33.5 Å². The topological polar surface area (TPSA) is 74.0 Å². The lowest BCUT2D eigenvalue weighted by Crippen LogP contribution is -2.54. The minimum atomic E-state index is -0.886. The summed E-state index contributed by atoms with van der Waals surface area (Å²) in [6.07, 6.45) is 0.567. The Morgan fingerprint density at radius 2 is 2.05 bits per heavy atom. The molecule has 1 aromatic carbocycles. The van der Waals surface area contributed by atoms with Crippen LogP contribution in [-0.2, 0) is 16.1 Å². The van der Waals surface area contributed by atoms with Gasteiger partial charge in [0.05, 0.1) is 6.61 Å². The summed E-state index contributed by atoms with van der Waals surface area (Å²) in [5.41, 5.74) is 6.20. The Kier molecular flexibility index (Phi) is 3.73. The largest absolute Gasteiger partial charge is 0.486 e. The molecule has 0 saturated carbocycles. The Hall–Kier alpha value is -1.79. The van der Waals surface area contributed by atoms with Crippen LogP contribution in [0.15, 0.2) is 18.2 Å². The molecular weight excluding hydrogens is 272 g/mol. The van der Waals surface area contributed by atoms with E-state index < -0.39 is 5.54 Å². The third kappa shape index (κ3) is 2.82. The van der Waals surface area contributed by atoms with E-state index in [9.17, 15) is 4.79 Å². The second-order valence-corrected chi connectivity index (χ2v) is 5.60. The quantitative estimate of drug-likeness (QED) is 0.880. The van der Waals surface area contributed by atoms with Crippen molar-refractivity contribution >= 4 is 5.91 Å². The number of nitrogens with zero attached hydrogens (tertiary/aromatic N) is 1. The Morgan fingerprint density at radius 1 is 1.29 bits per heavy atom. The summed E-state index contributed by atoms with van der Waals surface area (Å²) in [7, 11) is 1.76. The van der Waals surface area contributed by atoms with Gasteiger partial charge >= 0.3 is 0 Å². The Bertz CT molecular complexity index is 540. The summed E-state index contributed by atoms with van der Waals surface area (Å²) in [5, 5.41) is 0. The van der Waals surface area contributed by atoms with Crippen molar-refractivity contribution in [3.8, 4) is 11.5 Å². The number of fused-ring (bicyclic) bond motifs is 1. The number of rotatable bonds is 3. The van der Waals surface area contributed by atoms with E-state index in [-0.39, 0.29) is 12.5 Å². The zero-order valence-electron chi connectivity index (χ0n) is 12.1. The van der Waals surface area contributed by atoms with Crippen molar-refractivity contribution in [3.63, 3.8) is 0 Å². The van der Waals surface area contributed by atoms with Gasteiger partial charge in [-0.05, 0) is 24.1 Å². The van der Waals surface area contributed by atoms with Gasteiger partial charge in [-0.15, -0.1) is 0 Å². The molecule has 0 aromatic heterocycles.